The third-order valence-electron chi connectivity index (χ3n) is 6.02. The first-order chi connectivity index (χ1) is 16.7. The molecule has 0 amide bonds. The van der Waals surface area contributed by atoms with Gasteiger partial charge in [-0.1, -0.05) is 42.2 Å². The lowest BCUT2D eigenvalue weighted by atomic mass is 9.95. The van der Waals surface area contributed by atoms with Gasteiger partial charge in [0.15, 0.2) is 16.7 Å². The number of hydrogen-bond donors (Lipinski definition) is 0. The Morgan fingerprint density at radius 2 is 1.94 bits per heavy atom. The van der Waals surface area contributed by atoms with E-state index >= 15 is 0 Å². The molecular weight excluding hydrogens is 470 g/mol. The highest BCUT2D eigenvalue weighted by molar-refractivity contribution is 7.98. The molecule has 1 fully saturated rings. The van der Waals surface area contributed by atoms with Crippen molar-refractivity contribution >= 4 is 23.1 Å². The lowest BCUT2D eigenvalue weighted by Gasteiger charge is -2.25. The Balaban J connectivity index is 1.33. The van der Waals surface area contributed by atoms with Crippen LogP contribution in [-0.4, -0.2) is 39.1 Å². The average Bonchev–Trinajstić information content (AvgIpc) is 3.65. The van der Waals surface area contributed by atoms with E-state index in [2.05, 4.69) is 42.4 Å². The maximum absolute atomic E-state index is 5.54. The number of methoxy groups -OCH3 is 2. The Morgan fingerprint density at radius 1 is 1.09 bits per heavy atom. The monoisotopic (exact) mass is 497 g/mol. The molecule has 0 radical (unpaired) electrons. The number of ether oxygens (including phenoxy) is 2. The quantitative estimate of drug-likeness (QED) is 0.268. The van der Waals surface area contributed by atoms with E-state index in [4.69, 9.17) is 14.0 Å². The molecule has 0 bridgehead atoms. The van der Waals surface area contributed by atoms with Gasteiger partial charge in [-0.15, -0.1) is 21.5 Å². The summed E-state index contributed by atoms with van der Waals surface area (Å²) in [6, 6.07) is 10.3. The van der Waals surface area contributed by atoms with Crippen molar-refractivity contribution in [2.45, 2.75) is 55.5 Å². The van der Waals surface area contributed by atoms with Gasteiger partial charge in [-0.25, -0.2) is 0 Å². The molecule has 10 heteroatoms. The van der Waals surface area contributed by atoms with E-state index in [1.54, 1.807) is 37.3 Å². The Kier molecular flexibility index (Phi) is 7.15. The lowest BCUT2D eigenvalue weighted by molar-refractivity contribution is 0.330. The summed E-state index contributed by atoms with van der Waals surface area (Å²) >= 11 is 3.36. The molecule has 1 aliphatic carbocycles. The predicted molar refractivity (Wildman–Crippen MR) is 132 cm³/mol. The number of aromatic nitrogens is 5. The van der Waals surface area contributed by atoms with Crippen LogP contribution in [-0.2, 0) is 12.2 Å². The summed E-state index contributed by atoms with van der Waals surface area (Å²) in [6.07, 6.45) is 6.97. The molecule has 5 rings (SSSR count). The number of rotatable bonds is 9. The summed E-state index contributed by atoms with van der Waals surface area (Å²) in [5.74, 6) is 3.92. The number of thiophene rings is 1. The molecule has 0 unspecified atom stereocenters. The SMILES string of the molecule is COc1ccc(-c2noc(CSc3nnc(Cc4cccs4)n3C3CCCCC3)n2)cc1OC. The topological polar surface area (TPSA) is 88.1 Å². The molecule has 3 heterocycles. The molecule has 8 nitrogen and oxygen atoms in total. The van der Waals surface area contributed by atoms with E-state index in [-0.39, 0.29) is 0 Å². The van der Waals surface area contributed by atoms with Crippen LogP contribution in [0.5, 0.6) is 11.5 Å². The maximum Gasteiger partial charge on any atom is 0.237 e. The van der Waals surface area contributed by atoms with Crippen LogP contribution >= 0.6 is 23.1 Å². The summed E-state index contributed by atoms with van der Waals surface area (Å²) in [7, 11) is 3.22. The summed E-state index contributed by atoms with van der Waals surface area (Å²) in [4.78, 5) is 5.89. The molecule has 34 heavy (non-hydrogen) atoms. The molecule has 3 aromatic heterocycles. The van der Waals surface area contributed by atoms with Gasteiger partial charge in [0.2, 0.25) is 11.7 Å². The maximum atomic E-state index is 5.54. The minimum atomic E-state index is 0.450. The highest BCUT2D eigenvalue weighted by Gasteiger charge is 2.24. The molecule has 1 aliphatic rings. The third-order valence-corrected chi connectivity index (χ3v) is 7.83. The minimum Gasteiger partial charge on any atom is -0.493 e. The number of nitrogens with zero attached hydrogens (tertiary/aromatic N) is 5. The zero-order valence-electron chi connectivity index (χ0n) is 19.3. The Morgan fingerprint density at radius 3 is 2.71 bits per heavy atom. The van der Waals surface area contributed by atoms with Crippen molar-refractivity contribution in [3.05, 3.63) is 52.3 Å². The summed E-state index contributed by atoms with van der Waals surface area (Å²) in [5.41, 5.74) is 0.807. The number of thioether (sulfide) groups is 1. The smallest absolute Gasteiger partial charge is 0.237 e. The van der Waals surface area contributed by atoms with Crippen LogP contribution in [0.25, 0.3) is 11.4 Å². The molecule has 0 spiro atoms. The van der Waals surface area contributed by atoms with Crippen LogP contribution < -0.4 is 9.47 Å². The molecule has 1 saturated carbocycles. The first-order valence-electron chi connectivity index (χ1n) is 11.4. The fourth-order valence-corrected chi connectivity index (χ4v) is 5.90. The Bertz CT molecular complexity index is 1220. The fraction of sp³-hybridized carbons (Fsp3) is 0.417. The zero-order valence-corrected chi connectivity index (χ0v) is 20.9. The van der Waals surface area contributed by atoms with Crippen molar-refractivity contribution in [3.8, 4) is 22.9 Å². The second-order valence-corrected chi connectivity index (χ2v) is 10.2. The van der Waals surface area contributed by atoms with Crippen LogP contribution in [0.15, 0.2) is 45.4 Å². The molecule has 0 aliphatic heterocycles. The van der Waals surface area contributed by atoms with Crippen molar-refractivity contribution in [1.82, 2.24) is 24.9 Å². The van der Waals surface area contributed by atoms with Crippen LogP contribution in [0, 0.1) is 0 Å². The van der Waals surface area contributed by atoms with Crippen molar-refractivity contribution in [2.24, 2.45) is 0 Å². The van der Waals surface area contributed by atoms with Crippen LogP contribution in [0.4, 0.5) is 0 Å². The zero-order chi connectivity index (χ0) is 23.3. The van der Waals surface area contributed by atoms with Gasteiger partial charge in [0, 0.05) is 22.9 Å². The summed E-state index contributed by atoms with van der Waals surface area (Å²) in [6.45, 7) is 0. The van der Waals surface area contributed by atoms with Gasteiger partial charge >= 0.3 is 0 Å². The molecule has 0 atom stereocenters. The lowest BCUT2D eigenvalue weighted by Crippen LogP contribution is -2.16. The van der Waals surface area contributed by atoms with Gasteiger partial charge in [-0.2, -0.15) is 4.98 Å². The second kappa shape index (κ2) is 10.6. The minimum absolute atomic E-state index is 0.450. The second-order valence-electron chi connectivity index (χ2n) is 8.19. The summed E-state index contributed by atoms with van der Waals surface area (Å²) < 4.78 is 18.6. The van der Waals surface area contributed by atoms with Crippen molar-refractivity contribution in [2.75, 3.05) is 14.2 Å². The highest BCUT2D eigenvalue weighted by atomic mass is 32.2. The molecule has 4 aromatic rings. The Hall–Kier alpha value is -2.85. The van der Waals surface area contributed by atoms with Crippen LogP contribution in [0.2, 0.25) is 0 Å². The van der Waals surface area contributed by atoms with E-state index in [0.717, 1.165) is 23.0 Å². The normalized spacial score (nSPS) is 14.4. The Labute approximate surface area is 206 Å². The van der Waals surface area contributed by atoms with Gasteiger partial charge in [0.05, 0.1) is 20.0 Å². The standard InChI is InChI=1S/C24H27N5O3S2/c1-30-19-11-10-16(13-20(19)31-2)23-25-22(32-28-23)15-34-24-27-26-21(14-18-9-6-12-33-18)29(24)17-7-4-3-5-8-17/h6,9-13,17H,3-5,7-8,14-15H2,1-2H3. The molecule has 1 aromatic carbocycles. The third kappa shape index (κ3) is 4.97. The van der Waals surface area contributed by atoms with Crippen LogP contribution in [0.1, 0.15) is 54.7 Å². The molecule has 0 N–H and O–H groups in total. The highest BCUT2D eigenvalue weighted by Crippen LogP contribution is 2.35. The first kappa shape index (κ1) is 22.9. The van der Waals surface area contributed by atoms with Crippen LogP contribution in [0.3, 0.4) is 0 Å². The predicted octanol–water partition coefficient (Wildman–Crippen LogP) is 5.80. The van der Waals surface area contributed by atoms with E-state index in [1.807, 2.05) is 18.2 Å². The average molecular weight is 498 g/mol. The fourth-order valence-electron chi connectivity index (χ4n) is 4.33. The molecule has 178 valence electrons. The van der Waals surface area contributed by atoms with Gasteiger partial charge in [-0.3, -0.25) is 0 Å². The molecule has 0 saturated heterocycles. The van der Waals surface area contributed by atoms with E-state index < -0.39 is 0 Å². The van der Waals surface area contributed by atoms with Crippen molar-refractivity contribution in [3.63, 3.8) is 0 Å². The van der Waals surface area contributed by atoms with E-state index in [9.17, 15) is 0 Å². The molecular formula is C24H27N5O3S2. The first-order valence-corrected chi connectivity index (χ1v) is 13.3. The largest absolute Gasteiger partial charge is 0.493 e. The van der Waals surface area contributed by atoms with Crippen molar-refractivity contribution < 1.29 is 14.0 Å². The van der Waals surface area contributed by atoms with E-state index in [1.165, 1.54) is 37.0 Å². The van der Waals surface area contributed by atoms with Gasteiger partial charge in [0.25, 0.3) is 0 Å². The van der Waals surface area contributed by atoms with Gasteiger partial charge < -0.3 is 18.6 Å². The number of hydrogen-bond acceptors (Lipinski definition) is 9. The van der Waals surface area contributed by atoms with Crippen molar-refractivity contribution in [1.29, 1.82) is 0 Å². The van der Waals surface area contributed by atoms with Gasteiger partial charge in [0.1, 0.15) is 5.82 Å². The summed E-state index contributed by atoms with van der Waals surface area (Å²) in [5, 5.41) is 16.3. The van der Waals surface area contributed by atoms with Gasteiger partial charge in [-0.05, 0) is 42.5 Å². The number of benzene rings is 1. The van der Waals surface area contributed by atoms with E-state index in [0.29, 0.717) is 35.0 Å².